The van der Waals surface area contributed by atoms with Gasteiger partial charge in [-0.2, -0.15) is 0 Å². The van der Waals surface area contributed by atoms with Crippen molar-refractivity contribution >= 4 is 5.91 Å². The van der Waals surface area contributed by atoms with E-state index in [1.54, 1.807) is 6.08 Å². The molecule has 2 rings (SSSR count). The molecular formula is C58H95NO13. The van der Waals surface area contributed by atoms with Crippen LogP contribution in [0.5, 0.6) is 0 Å². The fourth-order valence-corrected chi connectivity index (χ4v) is 8.07. The van der Waals surface area contributed by atoms with Crippen LogP contribution in [0.1, 0.15) is 155 Å². The first-order valence-corrected chi connectivity index (χ1v) is 27.1. The van der Waals surface area contributed by atoms with E-state index >= 15 is 0 Å². The van der Waals surface area contributed by atoms with Gasteiger partial charge in [0.2, 0.25) is 5.91 Å². The van der Waals surface area contributed by atoms with Gasteiger partial charge in [0.25, 0.3) is 0 Å². The number of hydrogen-bond donors (Lipinski definition) is 9. The summed E-state index contributed by atoms with van der Waals surface area (Å²) in [6.45, 7) is 2.51. The van der Waals surface area contributed by atoms with Crippen LogP contribution in [0.15, 0.2) is 109 Å². The standard InChI is InChI=1S/C58H95NO13/c1-3-5-7-9-10-11-12-13-14-15-16-17-18-19-20-21-22-23-24-25-26-27-28-29-30-31-32-33-34-35-36-38-40-42-50(63)59-46(47(62)41-39-37-8-6-4-2)45-69-57-55(68)53(66)56(49(44-61)71-57)72-58-54(67)52(65)51(64)48(43-60)70-58/h5,7,10-11,13-14,16-17,19-20,22-23,25-26,28-29,39,41,46-49,51-58,60-62,64-68H,3-4,6,8-9,12,15,18,21,24,27,30-38,40,42-45H2,1-2H3,(H,59,63)/b7-5-,11-10-,14-13-,17-16-,20-19-,23-22-,26-25-,29-28-,41-39+. The molecule has 0 aromatic carbocycles. The molecule has 12 atom stereocenters. The number of ether oxygens (including phenoxy) is 4. The number of hydrogen-bond acceptors (Lipinski definition) is 13. The van der Waals surface area contributed by atoms with Crippen molar-refractivity contribution in [2.45, 2.75) is 229 Å². The molecule has 9 N–H and O–H groups in total. The third-order valence-corrected chi connectivity index (χ3v) is 12.5. The normalized spacial score (nSPS) is 26.5. The van der Waals surface area contributed by atoms with Crippen LogP contribution < -0.4 is 5.32 Å². The minimum Gasteiger partial charge on any atom is -0.394 e. The molecule has 410 valence electrons. The van der Waals surface area contributed by atoms with Crippen molar-refractivity contribution in [1.29, 1.82) is 0 Å². The zero-order chi connectivity index (χ0) is 52.4. The van der Waals surface area contributed by atoms with E-state index in [0.717, 1.165) is 109 Å². The van der Waals surface area contributed by atoms with Gasteiger partial charge in [-0.25, -0.2) is 0 Å². The molecule has 14 nitrogen and oxygen atoms in total. The summed E-state index contributed by atoms with van der Waals surface area (Å²) in [5.41, 5.74) is 0. The van der Waals surface area contributed by atoms with Crippen LogP contribution in [0.3, 0.4) is 0 Å². The Morgan fingerprint density at radius 3 is 1.47 bits per heavy atom. The van der Waals surface area contributed by atoms with Crippen molar-refractivity contribution in [3.8, 4) is 0 Å². The second-order valence-electron chi connectivity index (χ2n) is 18.6. The van der Waals surface area contributed by atoms with E-state index in [-0.39, 0.29) is 18.9 Å². The molecule has 0 bridgehead atoms. The van der Waals surface area contributed by atoms with E-state index in [9.17, 15) is 45.6 Å². The summed E-state index contributed by atoms with van der Waals surface area (Å²) in [6.07, 6.45) is 43.5. The van der Waals surface area contributed by atoms with Crippen molar-refractivity contribution in [3.05, 3.63) is 109 Å². The van der Waals surface area contributed by atoms with Crippen molar-refractivity contribution < 1.29 is 64.6 Å². The van der Waals surface area contributed by atoms with E-state index in [1.807, 2.05) is 6.08 Å². The zero-order valence-corrected chi connectivity index (χ0v) is 43.6. The van der Waals surface area contributed by atoms with Gasteiger partial charge < -0.3 is 65.1 Å². The maximum Gasteiger partial charge on any atom is 0.220 e. The van der Waals surface area contributed by atoms with E-state index < -0.39 is 86.8 Å². The van der Waals surface area contributed by atoms with Crippen molar-refractivity contribution in [2.24, 2.45) is 0 Å². The quantitative estimate of drug-likeness (QED) is 0.0209. The van der Waals surface area contributed by atoms with Crippen molar-refractivity contribution in [2.75, 3.05) is 19.8 Å². The minimum atomic E-state index is -1.79. The average molecular weight is 1010 g/mol. The second-order valence-corrected chi connectivity index (χ2v) is 18.6. The number of carbonyl (C=O) groups excluding carboxylic acids is 1. The molecule has 2 aliphatic rings. The lowest BCUT2D eigenvalue weighted by Gasteiger charge is -2.46. The van der Waals surface area contributed by atoms with E-state index in [4.69, 9.17) is 18.9 Å². The summed E-state index contributed by atoms with van der Waals surface area (Å²) >= 11 is 0. The molecule has 2 heterocycles. The molecular weight excluding hydrogens is 919 g/mol. The molecule has 1 amide bonds. The van der Waals surface area contributed by atoms with Gasteiger partial charge in [0.05, 0.1) is 32.0 Å². The Bertz CT molecular complexity index is 1620. The summed E-state index contributed by atoms with van der Waals surface area (Å²) < 4.78 is 22.5. The maximum absolute atomic E-state index is 13.1. The van der Waals surface area contributed by atoms with E-state index in [2.05, 4.69) is 116 Å². The highest BCUT2D eigenvalue weighted by atomic mass is 16.7. The fraction of sp³-hybridized carbons (Fsp3) is 0.672. The van der Waals surface area contributed by atoms with Crippen molar-refractivity contribution in [1.82, 2.24) is 5.32 Å². The number of unbranched alkanes of at least 4 members (excludes halogenated alkanes) is 11. The Balaban J connectivity index is 1.61. The van der Waals surface area contributed by atoms with Gasteiger partial charge in [0, 0.05) is 6.42 Å². The molecule has 2 saturated heterocycles. The number of aliphatic hydroxyl groups is 8. The molecule has 72 heavy (non-hydrogen) atoms. The van der Waals surface area contributed by atoms with E-state index in [0.29, 0.717) is 6.42 Å². The first kappa shape index (κ1) is 64.8. The second kappa shape index (κ2) is 42.9. The number of rotatable bonds is 40. The lowest BCUT2D eigenvalue weighted by Crippen LogP contribution is -2.65. The van der Waals surface area contributed by atoms with Crippen LogP contribution in [0, 0.1) is 0 Å². The molecule has 0 aromatic rings. The predicted molar refractivity (Wildman–Crippen MR) is 285 cm³/mol. The number of nitrogens with one attached hydrogen (secondary N) is 1. The first-order valence-electron chi connectivity index (χ1n) is 27.1. The monoisotopic (exact) mass is 1010 g/mol. The molecule has 2 fully saturated rings. The predicted octanol–water partition coefficient (Wildman–Crippen LogP) is 8.10. The summed E-state index contributed by atoms with van der Waals surface area (Å²) in [5.74, 6) is -0.262. The smallest absolute Gasteiger partial charge is 0.220 e. The third kappa shape index (κ3) is 28.9. The summed E-state index contributed by atoms with van der Waals surface area (Å²) in [6, 6.07) is -0.922. The van der Waals surface area contributed by atoms with Gasteiger partial charge in [0.1, 0.15) is 48.8 Å². The molecule has 0 aromatic heterocycles. The number of carbonyl (C=O) groups is 1. The van der Waals surface area contributed by atoms with Crippen molar-refractivity contribution in [3.63, 3.8) is 0 Å². The lowest BCUT2D eigenvalue weighted by atomic mass is 9.97. The van der Waals surface area contributed by atoms with Crippen LogP contribution in [-0.2, 0) is 23.7 Å². The highest BCUT2D eigenvalue weighted by molar-refractivity contribution is 5.76. The summed E-state index contributed by atoms with van der Waals surface area (Å²) in [5, 5.41) is 86.2. The summed E-state index contributed by atoms with van der Waals surface area (Å²) in [4.78, 5) is 13.1. The van der Waals surface area contributed by atoms with Gasteiger partial charge in [0.15, 0.2) is 12.6 Å². The lowest BCUT2D eigenvalue weighted by molar-refractivity contribution is -0.359. The molecule has 2 aliphatic heterocycles. The average Bonchev–Trinajstić information content (AvgIpc) is 3.38. The molecule has 12 unspecified atom stereocenters. The van der Waals surface area contributed by atoms with Crippen LogP contribution in [0.2, 0.25) is 0 Å². The van der Waals surface area contributed by atoms with Crippen LogP contribution >= 0.6 is 0 Å². The Morgan fingerprint density at radius 2 is 0.958 bits per heavy atom. The first-order chi connectivity index (χ1) is 35.1. The molecule has 0 spiro atoms. The third-order valence-electron chi connectivity index (χ3n) is 12.5. The number of aliphatic hydroxyl groups excluding tert-OH is 8. The molecule has 0 radical (unpaired) electrons. The fourth-order valence-electron chi connectivity index (χ4n) is 8.07. The van der Waals surface area contributed by atoms with Crippen LogP contribution in [0.25, 0.3) is 0 Å². The molecule has 14 heteroatoms. The topological polar surface area (TPSA) is 228 Å². The zero-order valence-electron chi connectivity index (χ0n) is 43.6. The molecule has 0 saturated carbocycles. The maximum atomic E-state index is 13.1. The van der Waals surface area contributed by atoms with E-state index in [1.165, 1.54) is 19.3 Å². The van der Waals surface area contributed by atoms with Crippen LogP contribution in [-0.4, -0.2) is 140 Å². The van der Waals surface area contributed by atoms with Gasteiger partial charge in [-0.3, -0.25) is 4.79 Å². The van der Waals surface area contributed by atoms with Gasteiger partial charge in [-0.15, -0.1) is 0 Å². The largest absolute Gasteiger partial charge is 0.394 e. The Labute approximate surface area is 432 Å². The summed E-state index contributed by atoms with van der Waals surface area (Å²) in [7, 11) is 0. The Hall–Kier alpha value is -3.35. The van der Waals surface area contributed by atoms with Crippen LogP contribution in [0.4, 0.5) is 0 Å². The molecule has 0 aliphatic carbocycles. The Kier molecular flexibility index (Phi) is 38.6. The highest BCUT2D eigenvalue weighted by Gasteiger charge is 2.51. The minimum absolute atomic E-state index is 0.262. The number of allylic oxidation sites excluding steroid dienone is 17. The SMILES string of the molecule is CC/C=C\C/C=C\C/C=C\C/C=C\C/C=C\C/C=C\C/C=C\C/C=C\CCCCCCCCCCC(=O)NC(COC1OC(CO)C(OC2OC(CO)C(O)C(O)C2O)C(O)C1O)C(O)/C=C/CCCCC. The number of amides is 1. The van der Waals surface area contributed by atoms with Gasteiger partial charge in [-0.05, 0) is 83.5 Å². The Morgan fingerprint density at radius 1 is 0.514 bits per heavy atom. The van der Waals surface area contributed by atoms with Gasteiger partial charge in [-0.1, -0.05) is 175 Å². The van der Waals surface area contributed by atoms with Gasteiger partial charge >= 0.3 is 0 Å². The highest BCUT2D eigenvalue weighted by Crippen LogP contribution is 2.30.